The minimum absolute atomic E-state index is 0.141. The molecule has 5 heterocycles. The molecule has 14 heteroatoms. The maximum atomic E-state index is 12.8. The molecule has 0 radical (unpaired) electrons. The van der Waals surface area contributed by atoms with Gasteiger partial charge in [-0.1, -0.05) is 50.0 Å². The number of hydrogen-bond acceptors (Lipinski definition) is 8. The highest BCUT2D eigenvalue weighted by Crippen LogP contribution is 2.35. The number of amides is 2. The molecule has 5 aromatic rings. The summed E-state index contributed by atoms with van der Waals surface area (Å²) in [6.07, 6.45) is 7.32. The van der Waals surface area contributed by atoms with Gasteiger partial charge in [0.15, 0.2) is 0 Å². The first-order valence-electron chi connectivity index (χ1n) is 18.8. The minimum atomic E-state index is -1.29. The molecule has 3 aromatic heterocycles. The molecule has 0 bridgehead atoms. The molecule has 2 aliphatic heterocycles. The molecule has 2 aromatic carbocycles. The van der Waals surface area contributed by atoms with Gasteiger partial charge in [0.05, 0.1) is 53.1 Å². The van der Waals surface area contributed by atoms with Crippen molar-refractivity contribution in [3.8, 4) is 33.8 Å². The van der Waals surface area contributed by atoms with Crippen LogP contribution in [0.2, 0.25) is 25.7 Å². The number of carbonyl (C=O) groups is 2. The second kappa shape index (κ2) is 15.0. The molecule has 2 atom stereocenters. The van der Waals surface area contributed by atoms with Crippen LogP contribution in [0, 0.1) is 0 Å². The summed E-state index contributed by atoms with van der Waals surface area (Å²) in [6, 6.07) is 14.9. The predicted octanol–water partition coefficient (Wildman–Crippen LogP) is 8.75. The number of nitrogens with zero attached hydrogens (tertiary/aromatic N) is 7. The number of carboxylic acid groups (broad SMARTS) is 1. The number of aromatic amines is 1. The van der Waals surface area contributed by atoms with Crippen LogP contribution in [-0.4, -0.2) is 90.0 Å². The van der Waals surface area contributed by atoms with Crippen LogP contribution >= 0.6 is 0 Å². The largest absolute Gasteiger partial charge is 0.465 e. The van der Waals surface area contributed by atoms with Gasteiger partial charge in [0.25, 0.3) is 0 Å². The van der Waals surface area contributed by atoms with Crippen LogP contribution in [0.5, 0.6) is 0 Å². The summed E-state index contributed by atoms with van der Waals surface area (Å²) >= 11 is 0. The molecule has 0 aliphatic carbocycles. The fraction of sp³-hybridized carbons (Fsp3) is 0.450. The topological polar surface area (TPSA) is 152 Å². The number of fused-ring (bicyclic) bond motifs is 1. The second-order valence-electron chi connectivity index (χ2n) is 16.5. The van der Waals surface area contributed by atoms with Crippen molar-refractivity contribution in [3.63, 3.8) is 0 Å². The highest BCUT2D eigenvalue weighted by molar-refractivity contribution is 6.76. The molecular weight excluding hydrogens is 701 g/mol. The first-order chi connectivity index (χ1) is 25.7. The third kappa shape index (κ3) is 8.19. The number of rotatable bonds is 10. The smallest absolute Gasteiger partial charge is 0.410 e. The maximum absolute atomic E-state index is 12.8. The lowest BCUT2D eigenvalue weighted by Crippen LogP contribution is -2.36. The van der Waals surface area contributed by atoms with E-state index < -0.39 is 19.8 Å². The van der Waals surface area contributed by atoms with Crippen LogP contribution in [0.25, 0.3) is 44.8 Å². The molecule has 54 heavy (non-hydrogen) atoms. The molecule has 2 saturated heterocycles. The van der Waals surface area contributed by atoms with E-state index in [2.05, 4.69) is 53.9 Å². The molecule has 0 spiro atoms. The molecule has 284 valence electrons. The number of imidazole rings is 2. The number of likely N-dealkylation sites (tertiary alicyclic amines) is 2. The van der Waals surface area contributed by atoms with Crippen molar-refractivity contribution in [2.45, 2.75) is 96.6 Å². The molecule has 0 saturated carbocycles. The number of carbonyl (C=O) groups excluding carboxylic acids is 1. The Hall–Kier alpha value is -5.08. The van der Waals surface area contributed by atoms with Crippen molar-refractivity contribution in [2.24, 2.45) is 0 Å². The summed E-state index contributed by atoms with van der Waals surface area (Å²) in [5.74, 6) is 1.44. The highest BCUT2D eigenvalue weighted by atomic mass is 28.3. The van der Waals surface area contributed by atoms with Crippen LogP contribution in [0.15, 0.2) is 61.1 Å². The van der Waals surface area contributed by atoms with E-state index in [1.54, 1.807) is 17.3 Å². The van der Waals surface area contributed by atoms with E-state index in [0.717, 1.165) is 70.2 Å². The van der Waals surface area contributed by atoms with Crippen molar-refractivity contribution in [1.82, 2.24) is 39.3 Å². The Morgan fingerprint density at radius 2 is 1.57 bits per heavy atom. The van der Waals surface area contributed by atoms with E-state index in [4.69, 9.17) is 24.4 Å². The van der Waals surface area contributed by atoms with Gasteiger partial charge in [-0.2, -0.15) is 0 Å². The quantitative estimate of drug-likeness (QED) is 0.105. The van der Waals surface area contributed by atoms with Gasteiger partial charge in [0, 0.05) is 27.8 Å². The van der Waals surface area contributed by atoms with Crippen LogP contribution in [-0.2, 0) is 16.2 Å². The van der Waals surface area contributed by atoms with Crippen LogP contribution in [0.3, 0.4) is 0 Å². The van der Waals surface area contributed by atoms with Crippen molar-refractivity contribution in [3.05, 3.63) is 72.7 Å². The summed E-state index contributed by atoms with van der Waals surface area (Å²) in [4.78, 5) is 50.7. The molecular formula is C40H50N8O5Si. The number of hydrogen-bond donors (Lipinski definition) is 2. The van der Waals surface area contributed by atoms with Crippen LogP contribution in [0.4, 0.5) is 9.59 Å². The second-order valence-corrected chi connectivity index (χ2v) is 22.1. The number of nitrogens with one attached hydrogen (secondary N) is 1. The zero-order valence-corrected chi connectivity index (χ0v) is 33.0. The Balaban J connectivity index is 1.09. The number of ether oxygens (including phenoxy) is 2. The van der Waals surface area contributed by atoms with Crippen LogP contribution in [0.1, 0.15) is 70.2 Å². The highest BCUT2D eigenvalue weighted by Gasteiger charge is 2.36. The van der Waals surface area contributed by atoms with Gasteiger partial charge in [0.1, 0.15) is 29.7 Å². The molecule has 2 fully saturated rings. The zero-order chi connectivity index (χ0) is 38.2. The molecule has 13 nitrogen and oxygen atoms in total. The monoisotopic (exact) mass is 750 g/mol. The van der Waals surface area contributed by atoms with E-state index in [0.29, 0.717) is 37.6 Å². The van der Waals surface area contributed by atoms with Gasteiger partial charge in [-0.3, -0.25) is 14.8 Å². The van der Waals surface area contributed by atoms with Gasteiger partial charge in [-0.05, 0) is 81.3 Å². The Morgan fingerprint density at radius 3 is 2.30 bits per heavy atom. The standard InChI is InChI=1S/C40H50N8O5Si/c1-40(2,3)53-39(51)47-18-7-9-33(47)36-42-22-31(45-36)27-13-11-26(12-14-27)28-15-16-29-30(21-28)41-23-32(44-29)35-24-43-37(34-10-8-17-46(34)38(49)50)48(35)25-52-19-20-54(4,5)6/h11-16,21-24,33-34H,7-10,17-20,25H2,1-6H3,(H,42,45)(H,49,50)/t33-,34-/m0/s1. The Morgan fingerprint density at radius 1 is 0.870 bits per heavy atom. The van der Waals surface area contributed by atoms with E-state index >= 15 is 0 Å². The average Bonchev–Trinajstić information content (AvgIpc) is 3.95. The average molecular weight is 751 g/mol. The molecule has 2 aliphatic rings. The zero-order valence-electron chi connectivity index (χ0n) is 32.0. The summed E-state index contributed by atoms with van der Waals surface area (Å²) < 4.78 is 13.8. The lowest BCUT2D eigenvalue weighted by molar-refractivity contribution is 0.0218. The Bertz CT molecular complexity index is 2130. The number of benzene rings is 2. The van der Waals surface area contributed by atoms with Gasteiger partial charge in [-0.25, -0.2) is 24.5 Å². The van der Waals surface area contributed by atoms with Crippen LogP contribution < -0.4 is 0 Å². The van der Waals surface area contributed by atoms with E-state index in [1.165, 1.54) is 4.90 Å². The van der Waals surface area contributed by atoms with Gasteiger partial charge >= 0.3 is 12.2 Å². The lowest BCUT2D eigenvalue weighted by atomic mass is 10.0. The third-order valence-corrected chi connectivity index (χ3v) is 11.7. The number of aromatic nitrogens is 6. The molecule has 2 amide bonds. The normalized spacial score (nSPS) is 17.8. The summed E-state index contributed by atoms with van der Waals surface area (Å²) in [5, 5.41) is 9.86. The van der Waals surface area contributed by atoms with Gasteiger partial charge in [-0.15, -0.1) is 0 Å². The first kappa shape index (κ1) is 37.2. The molecule has 7 rings (SSSR count). The van der Waals surface area contributed by atoms with Gasteiger partial charge < -0.3 is 24.1 Å². The van der Waals surface area contributed by atoms with E-state index in [1.807, 2.05) is 49.7 Å². The number of H-pyrrole nitrogens is 1. The summed E-state index contributed by atoms with van der Waals surface area (Å²) in [5.41, 5.74) is 6.28. The minimum Gasteiger partial charge on any atom is -0.465 e. The van der Waals surface area contributed by atoms with Crippen molar-refractivity contribution in [1.29, 1.82) is 0 Å². The molecule has 0 unspecified atom stereocenters. The van der Waals surface area contributed by atoms with Crippen molar-refractivity contribution >= 4 is 31.3 Å². The van der Waals surface area contributed by atoms with Crippen molar-refractivity contribution < 1.29 is 24.2 Å². The maximum Gasteiger partial charge on any atom is 0.410 e. The summed E-state index contributed by atoms with van der Waals surface area (Å²) in [6.45, 7) is 14.6. The van der Waals surface area contributed by atoms with E-state index in [9.17, 15) is 14.7 Å². The van der Waals surface area contributed by atoms with Gasteiger partial charge in [0.2, 0.25) is 0 Å². The fourth-order valence-corrected chi connectivity index (χ4v) is 7.95. The SMILES string of the molecule is CC(C)(C)OC(=O)N1CCC[C@H]1c1ncc(-c2ccc(-c3ccc4nc(-c5cnc([C@@H]6CCCN6C(=O)O)n5COCC[Si](C)(C)C)cnc4c3)cc2)[nH]1. The van der Waals surface area contributed by atoms with Crippen molar-refractivity contribution in [2.75, 3.05) is 19.7 Å². The third-order valence-electron chi connectivity index (χ3n) is 10.0. The molecule has 2 N–H and O–H groups in total. The predicted molar refractivity (Wildman–Crippen MR) is 210 cm³/mol. The first-order valence-corrected chi connectivity index (χ1v) is 22.5. The Kier molecular flexibility index (Phi) is 10.3. The fourth-order valence-electron chi connectivity index (χ4n) is 7.19. The lowest BCUT2D eigenvalue weighted by Gasteiger charge is -2.27. The van der Waals surface area contributed by atoms with E-state index in [-0.39, 0.29) is 24.9 Å². The summed E-state index contributed by atoms with van der Waals surface area (Å²) in [7, 11) is -1.29. The Labute approximate surface area is 316 Å².